The van der Waals surface area contributed by atoms with Crippen LogP contribution in [0.3, 0.4) is 0 Å². The number of methoxy groups -OCH3 is 1. The van der Waals surface area contributed by atoms with Crippen LogP contribution in [0.25, 0.3) is 22.4 Å². The number of hydrogen-bond donors (Lipinski definition) is 3. The quantitative estimate of drug-likeness (QED) is 0.394. The van der Waals surface area contributed by atoms with E-state index in [1.807, 2.05) is 36.6 Å². The number of nitrogens with zero attached hydrogens (tertiary/aromatic N) is 5. The van der Waals surface area contributed by atoms with E-state index >= 15 is 0 Å². The molecular weight excluding hydrogens is 399 g/mol. The van der Waals surface area contributed by atoms with Gasteiger partial charge in [-0.1, -0.05) is 6.92 Å². The highest BCUT2D eigenvalue weighted by Crippen LogP contribution is 2.30. The highest BCUT2D eigenvalue weighted by Gasteiger charge is 2.18. The summed E-state index contributed by atoms with van der Waals surface area (Å²) < 4.78 is 21.6. The SMILES string of the molecule is CCC(CCN)n1cc(F)c2ncc(Nc3cc(-c4ccc(C)nc4OC)[nH]n3)nc21. The minimum atomic E-state index is -0.398. The molecule has 0 aliphatic rings. The molecule has 0 radical (unpaired) electrons. The Morgan fingerprint density at radius 3 is 2.87 bits per heavy atom. The molecule has 0 spiro atoms. The minimum Gasteiger partial charge on any atom is -0.480 e. The first kappa shape index (κ1) is 20.7. The smallest absolute Gasteiger partial charge is 0.222 e. The summed E-state index contributed by atoms with van der Waals surface area (Å²) in [5.74, 6) is 1.11. The number of H-pyrrole nitrogens is 1. The van der Waals surface area contributed by atoms with Gasteiger partial charge in [0.15, 0.2) is 23.1 Å². The Balaban J connectivity index is 1.64. The first-order valence-electron chi connectivity index (χ1n) is 10.1. The van der Waals surface area contributed by atoms with Gasteiger partial charge in [0.1, 0.15) is 5.52 Å². The summed E-state index contributed by atoms with van der Waals surface area (Å²) in [5.41, 5.74) is 8.82. The summed E-state index contributed by atoms with van der Waals surface area (Å²) in [6.45, 7) is 4.45. The van der Waals surface area contributed by atoms with Gasteiger partial charge >= 0.3 is 0 Å². The Morgan fingerprint density at radius 2 is 2.13 bits per heavy atom. The van der Waals surface area contributed by atoms with Crippen LogP contribution in [-0.2, 0) is 0 Å². The molecule has 0 bridgehead atoms. The molecule has 31 heavy (non-hydrogen) atoms. The van der Waals surface area contributed by atoms with Gasteiger partial charge in [0.25, 0.3) is 0 Å². The molecule has 1 unspecified atom stereocenters. The summed E-state index contributed by atoms with van der Waals surface area (Å²) in [6, 6.07) is 5.70. The number of pyridine rings is 1. The molecule has 162 valence electrons. The largest absolute Gasteiger partial charge is 0.480 e. The predicted octanol–water partition coefficient (Wildman–Crippen LogP) is 3.72. The number of aromatic nitrogens is 6. The van der Waals surface area contributed by atoms with E-state index in [1.54, 1.807) is 7.11 Å². The van der Waals surface area contributed by atoms with E-state index in [4.69, 9.17) is 10.5 Å². The van der Waals surface area contributed by atoms with E-state index in [-0.39, 0.29) is 11.6 Å². The normalized spacial score (nSPS) is 12.3. The number of fused-ring (bicyclic) bond motifs is 1. The highest BCUT2D eigenvalue weighted by molar-refractivity contribution is 5.75. The van der Waals surface area contributed by atoms with Crippen LogP contribution in [0.15, 0.2) is 30.6 Å². The van der Waals surface area contributed by atoms with Crippen molar-refractivity contribution in [3.8, 4) is 17.1 Å². The van der Waals surface area contributed by atoms with Gasteiger partial charge in [-0.15, -0.1) is 0 Å². The Bertz CT molecular complexity index is 1200. The van der Waals surface area contributed by atoms with Crippen molar-refractivity contribution < 1.29 is 9.13 Å². The Morgan fingerprint density at radius 1 is 1.29 bits per heavy atom. The third kappa shape index (κ3) is 4.06. The fraction of sp³-hybridized carbons (Fsp3) is 0.333. The molecule has 4 aromatic heterocycles. The second-order valence-electron chi connectivity index (χ2n) is 7.25. The molecule has 10 heteroatoms. The van der Waals surface area contributed by atoms with Crippen LogP contribution in [0.2, 0.25) is 0 Å². The summed E-state index contributed by atoms with van der Waals surface area (Å²) in [6.07, 6.45) is 4.48. The van der Waals surface area contributed by atoms with Gasteiger partial charge in [-0.2, -0.15) is 5.10 Å². The molecule has 0 saturated heterocycles. The number of anilines is 2. The lowest BCUT2D eigenvalue weighted by molar-refractivity contribution is 0.398. The number of aromatic amines is 1. The number of ether oxygens (including phenoxy) is 1. The summed E-state index contributed by atoms with van der Waals surface area (Å²) >= 11 is 0. The Kier molecular flexibility index (Phi) is 5.81. The van der Waals surface area contributed by atoms with Crippen LogP contribution in [0.1, 0.15) is 31.5 Å². The summed E-state index contributed by atoms with van der Waals surface area (Å²) in [7, 11) is 1.58. The zero-order valence-corrected chi connectivity index (χ0v) is 17.7. The topological polar surface area (TPSA) is 120 Å². The lowest BCUT2D eigenvalue weighted by atomic mass is 10.1. The van der Waals surface area contributed by atoms with E-state index in [0.717, 1.165) is 29.8 Å². The van der Waals surface area contributed by atoms with Gasteiger partial charge < -0.3 is 20.4 Å². The zero-order chi connectivity index (χ0) is 22.0. The molecule has 0 aliphatic carbocycles. The van der Waals surface area contributed by atoms with Crippen molar-refractivity contribution in [3.63, 3.8) is 0 Å². The molecule has 0 fully saturated rings. The van der Waals surface area contributed by atoms with E-state index in [1.165, 1.54) is 12.4 Å². The lowest BCUT2D eigenvalue weighted by Gasteiger charge is -2.16. The minimum absolute atomic E-state index is 0.0556. The maximum Gasteiger partial charge on any atom is 0.222 e. The molecular formula is C21H25FN8O. The summed E-state index contributed by atoms with van der Waals surface area (Å²) in [5, 5.41) is 10.4. The van der Waals surface area contributed by atoms with Crippen LogP contribution in [-0.4, -0.2) is 43.4 Å². The number of nitrogens with two attached hydrogens (primary N) is 1. The number of rotatable bonds is 8. The second-order valence-corrected chi connectivity index (χ2v) is 7.25. The number of nitrogens with one attached hydrogen (secondary N) is 2. The molecule has 4 rings (SSSR count). The third-order valence-corrected chi connectivity index (χ3v) is 5.16. The lowest BCUT2D eigenvalue weighted by Crippen LogP contribution is -2.13. The fourth-order valence-corrected chi connectivity index (χ4v) is 3.59. The number of aryl methyl sites for hydroxylation is 1. The van der Waals surface area contributed by atoms with E-state index in [2.05, 4.69) is 30.5 Å². The van der Waals surface area contributed by atoms with Crippen molar-refractivity contribution >= 4 is 22.8 Å². The van der Waals surface area contributed by atoms with Crippen molar-refractivity contribution in [2.45, 2.75) is 32.7 Å². The van der Waals surface area contributed by atoms with Crippen LogP contribution in [0.4, 0.5) is 16.0 Å². The average molecular weight is 424 g/mol. The van der Waals surface area contributed by atoms with Crippen LogP contribution in [0.5, 0.6) is 5.88 Å². The van der Waals surface area contributed by atoms with Gasteiger partial charge in [0.05, 0.1) is 24.6 Å². The first-order valence-corrected chi connectivity index (χ1v) is 10.1. The molecule has 4 aromatic rings. The fourth-order valence-electron chi connectivity index (χ4n) is 3.59. The van der Waals surface area contributed by atoms with E-state index < -0.39 is 5.82 Å². The molecule has 0 saturated carbocycles. The van der Waals surface area contributed by atoms with Crippen LogP contribution in [0, 0.1) is 12.7 Å². The molecule has 4 N–H and O–H groups in total. The molecule has 1 atom stereocenters. The molecule has 4 heterocycles. The standard InChI is InChI=1S/C21H25FN8O/c1-4-13(7-8-23)30-11-15(22)19-20(30)27-18(10-24-19)26-17-9-16(28-29-17)14-6-5-12(2)25-21(14)31-3/h5-6,9-11,13H,4,7-8,23H2,1-3H3,(H2,26,27,28,29). The maximum absolute atomic E-state index is 14.4. The van der Waals surface area contributed by atoms with Crippen molar-refractivity contribution in [1.29, 1.82) is 0 Å². The maximum atomic E-state index is 14.4. The third-order valence-electron chi connectivity index (χ3n) is 5.16. The van der Waals surface area contributed by atoms with Gasteiger partial charge in [0.2, 0.25) is 5.88 Å². The van der Waals surface area contributed by atoms with Crippen molar-refractivity contribution in [2.75, 3.05) is 19.0 Å². The molecule has 0 amide bonds. The Labute approximate surface area is 178 Å². The van der Waals surface area contributed by atoms with E-state index in [9.17, 15) is 4.39 Å². The number of hydrogen-bond acceptors (Lipinski definition) is 7. The van der Waals surface area contributed by atoms with E-state index in [0.29, 0.717) is 29.7 Å². The van der Waals surface area contributed by atoms with Gasteiger partial charge in [-0.25, -0.2) is 19.3 Å². The van der Waals surface area contributed by atoms with Crippen molar-refractivity contribution in [1.82, 2.24) is 29.7 Å². The predicted molar refractivity (Wildman–Crippen MR) is 117 cm³/mol. The van der Waals surface area contributed by atoms with Crippen molar-refractivity contribution in [3.05, 3.63) is 42.1 Å². The van der Waals surface area contributed by atoms with Crippen LogP contribution < -0.4 is 15.8 Å². The first-order chi connectivity index (χ1) is 15.0. The van der Waals surface area contributed by atoms with Crippen LogP contribution >= 0.6 is 0 Å². The van der Waals surface area contributed by atoms with Gasteiger partial charge in [0, 0.05) is 24.0 Å². The Hall–Kier alpha value is -3.53. The van der Waals surface area contributed by atoms with Gasteiger partial charge in [-0.3, -0.25) is 5.10 Å². The zero-order valence-electron chi connectivity index (χ0n) is 17.7. The second kappa shape index (κ2) is 8.68. The van der Waals surface area contributed by atoms with Crippen molar-refractivity contribution in [2.24, 2.45) is 5.73 Å². The molecule has 0 aromatic carbocycles. The number of halogens is 1. The monoisotopic (exact) mass is 424 g/mol. The van der Waals surface area contributed by atoms with Gasteiger partial charge in [-0.05, 0) is 38.4 Å². The highest BCUT2D eigenvalue weighted by atomic mass is 19.1. The molecule has 9 nitrogen and oxygen atoms in total. The molecule has 0 aliphatic heterocycles. The average Bonchev–Trinajstić information content (AvgIpc) is 3.36. The summed E-state index contributed by atoms with van der Waals surface area (Å²) in [4.78, 5) is 13.2.